The first-order valence-electron chi connectivity index (χ1n) is 5.52. The van der Waals surface area contributed by atoms with Gasteiger partial charge < -0.3 is 15.7 Å². The van der Waals surface area contributed by atoms with E-state index in [0.29, 0.717) is 5.69 Å². The van der Waals surface area contributed by atoms with Crippen LogP contribution in [0.15, 0.2) is 18.3 Å². The van der Waals surface area contributed by atoms with Crippen LogP contribution in [0.25, 0.3) is 0 Å². The van der Waals surface area contributed by atoms with Gasteiger partial charge in [-0.25, -0.2) is 4.79 Å². The number of hydrogen-bond acceptors (Lipinski definition) is 3. The van der Waals surface area contributed by atoms with Crippen molar-refractivity contribution in [1.82, 2.24) is 10.3 Å². The molecule has 6 heteroatoms. The summed E-state index contributed by atoms with van der Waals surface area (Å²) in [7, 11) is 0. The van der Waals surface area contributed by atoms with Gasteiger partial charge in [0.25, 0.3) is 0 Å². The highest BCUT2D eigenvalue weighted by Gasteiger charge is 2.27. The van der Waals surface area contributed by atoms with Crippen LogP contribution in [0, 0.1) is 12.3 Å². The van der Waals surface area contributed by atoms with Crippen LogP contribution in [0.2, 0.25) is 0 Å². The highest BCUT2D eigenvalue weighted by molar-refractivity contribution is 5.89. The lowest BCUT2D eigenvalue weighted by molar-refractivity contribution is -0.146. The minimum Gasteiger partial charge on any atom is -0.481 e. The van der Waals surface area contributed by atoms with Crippen LogP contribution >= 0.6 is 0 Å². The van der Waals surface area contributed by atoms with Gasteiger partial charge in [-0.15, -0.1) is 0 Å². The number of carbonyl (C=O) groups excluding carboxylic acids is 1. The molecule has 0 fully saturated rings. The van der Waals surface area contributed by atoms with Gasteiger partial charge in [0.15, 0.2) is 0 Å². The van der Waals surface area contributed by atoms with Gasteiger partial charge in [-0.1, -0.05) is 0 Å². The predicted octanol–water partition coefficient (Wildman–Crippen LogP) is 1.62. The van der Waals surface area contributed by atoms with Crippen molar-refractivity contribution in [3.05, 3.63) is 24.0 Å². The standard InChI is InChI=1S/C12H17N3O3/c1-8-4-5-9(6-13-8)15-11(18)14-7-12(2,3)10(16)17/h4-6H,7H2,1-3H3,(H,16,17)(H2,14,15,18). The zero-order chi connectivity index (χ0) is 13.8. The molecule has 0 aliphatic heterocycles. The quantitative estimate of drug-likeness (QED) is 0.758. The number of hydrogen-bond donors (Lipinski definition) is 3. The molecule has 0 unspecified atom stereocenters. The second kappa shape index (κ2) is 5.48. The average Bonchev–Trinajstić information content (AvgIpc) is 2.29. The summed E-state index contributed by atoms with van der Waals surface area (Å²) in [5.74, 6) is -0.959. The number of carbonyl (C=O) groups is 2. The van der Waals surface area contributed by atoms with Crippen LogP contribution in [0.5, 0.6) is 0 Å². The molecule has 0 radical (unpaired) electrons. The highest BCUT2D eigenvalue weighted by Crippen LogP contribution is 2.13. The lowest BCUT2D eigenvalue weighted by Crippen LogP contribution is -2.40. The summed E-state index contributed by atoms with van der Waals surface area (Å²) in [5, 5.41) is 14.0. The zero-order valence-electron chi connectivity index (χ0n) is 10.7. The van der Waals surface area contributed by atoms with E-state index in [1.807, 2.05) is 6.92 Å². The van der Waals surface area contributed by atoms with Gasteiger partial charge >= 0.3 is 12.0 Å². The number of carboxylic acid groups (broad SMARTS) is 1. The first-order chi connectivity index (χ1) is 8.31. The number of urea groups is 1. The van der Waals surface area contributed by atoms with E-state index in [2.05, 4.69) is 15.6 Å². The van der Waals surface area contributed by atoms with E-state index in [0.717, 1.165) is 5.69 Å². The second-order valence-electron chi connectivity index (χ2n) is 4.68. The number of anilines is 1. The van der Waals surface area contributed by atoms with E-state index in [1.165, 1.54) is 6.20 Å². The van der Waals surface area contributed by atoms with Crippen molar-refractivity contribution < 1.29 is 14.7 Å². The van der Waals surface area contributed by atoms with E-state index in [1.54, 1.807) is 26.0 Å². The monoisotopic (exact) mass is 251 g/mol. The summed E-state index contributed by atoms with van der Waals surface area (Å²) in [6.45, 7) is 4.98. The van der Waals surface area contributed by atoms with Crippen molar-refractivity contribution in [3.63, 3.8) is 0 Å². The molecular weight excluding hydrogens is 234 g/mol. The Balaban J connectivity index is 2.48. The Labute approximate surface area is 105 Å². The lowest BCUT2D eigenvalue weighted by atomic mass is 9.94. The Morgan fingerprint density at radius 2 is 2.06 bits per heavy atom. The van der Waals surface area contributed by atoms with E-state index in [-0.39, 0.29) is 6.54 Å². The molecule has 1 rings (SSSR count). The molecule has 3 N–H and O–H groups in total. The number of carboxylic acids is 1. The van der Waals surface area contributed by atoms with Gasteiger partial charge in [0.2, 0.25) is 0 Å². The maximum Gasteiger partial charge on any atom is 0.319 e. The molecule has 1 aromatic rings. The fraction of sp³-hybridized carbons (Fsp3) is 0.417. The van der Waals surface area contributed by atoms with Crippen molar-refractivity contribution in [2.45, 2.75) is 20.8 Å². The molecule has 18 heavy (non-hydrogen) atoms. The topological polar surface area (TPSA) is 91.3 Å². The summed E-state index contributed by atoms with van der Waals surface area (Å²) >= 11 is 0. The van der Waals surface area contributed by atoms with Gasteiger partial charge in [0, 0.05) is 12.2 Å². The summed E-state index contributed by atoms with van der Waals surface area (Å²) in [6, 6.07) is 3.05. The number of pyridine rings is 1. The summed E-state index contributed by atoms with van der Waals surface area (Å²) in [5.41, 5.74) is 0.419. The van der Waals surface area contributed by atoms with Gasteiger partial charge in [-0.05, 0) is 32.9 Å². The number of rotatable bonds is 4. The normalized spacial score (nSPS) is 10.8. The number of aromatic nitrogens is 1. The molecule has 0 aromatic carbocycles. The second-order valence-corrected chi connectivity index (χ2v) is 4.68. The van der Waals surface area contributed by atoms with Crippen molar-refractivity contribution in [1.29, 1.82) is 0 Å². The Hall–Kier alpha value is -2.11. The van der Waals surface area contributed by atoms with E-state index in [4.69, 9.17) is 5.11 Å². The fourth-order valence-corrected chi connectivity index (χ4v) is 1.09. The van der Waals surface area contributed by atoms with Crippen LogP contribution in [0.3, 0.4) is 0 Å². The maximum atomic E-state index is 11.5. The molecule has 98 valence electrons. The van der Waals surface area contributed by atoms with Crippen LogP contribution in [0.4, 0.5) is 10.5 Å². The number of amides is 2. The molecule has 0 spiro atoms. The lowest BCUT2D eigenvalue weighted by Gasteiger charge is -2.19. The first-order valence-corrected chi connectivity index (χ1v) is 5.52. The summed E-state index contributed by atoms with van der Waals surface area (Å²) in [6.07, 6.45) is 1.54. The van der Waals surface area contributed by atoms with Gasteiger partial charge in [0.05, 0.1) is 17.3 Å². The molecule has 0 bridgehead atoms. The number of aryl methyl sites for hydroxylation is 1. The van der Waals surface area contributed by atoms with E-state index >= 15 is 0 Å². The number of aliphatic carboxylic acids is 1. The molecule has 0 saturated carbocycles. The van der Waals surface area contributed by atoms with Crippen LogP contribution in [-0.2, 0) is 4.79 Å². The van der Waals surface area contributed by atoms with Gasteiger partial charge in [-0.2, -0.15) is 0 Å². The van der Waals surface area contributed by atoms with Crippen LogP contribution < -0.4 is 10.6 Å². The molecule has 1 aromatic heterocycles. The van der Waals surface area contributed by atoms with Crippen molar-refractivity contribution >= 4 is 17.7 Å². The molecule has 0 atom stereocenters. The zero-order valence-corrected chi connectivity index (χ0v) is 10.7. The number of nitrogens with one attached hydrogen (secondary N) is 2. The molecule has 1 heterocycles. The number of nitrogens with zero attached hydrogens (tertiary/aromatic N) is 1. The third-order valence-electron chi connectivity index (χ3n) is 2.44. The summed E-state index contributed by atoms with van der Waals surface area (Å²) in [4.78, 5) is 26.4. The maximum absolute atomic E-state index is 11.5. The van der Waals surface area contributed by atoms with Crippen LogP contribution in [0.1, 0.15) is 19.5 Å². The minimum absolute atomic E-state index is 0.0491. The average molecular weight is 251 g/mol. The predicted molar refractivity (Wildman–Crippen MR) is 67.4 cm³/mol. The highest BCUT2D eigenvalue weighted by atomic mass is 16.4. The van der Waals surface area contributed by atoms with E-state index < -0.39 is 17.4 Å². The van der Waals surface area contributed by atoms with Crippen LogP contribution in [-0.4, -0.2) is 28.6 Å². The molecule has 0 saturated heterocycles. The summed E-state index contributed by atoms with van der Waals surface area (Å²) < 4.78 is 0. The van der Waals surface area contributed by atoms with Crippen molar-refractivity contribution in [2.24, 2.45) is 5.41 Å². The van der Waals surface area contributed by atoms with Crippen molar-refractivity contribution in [2.75, 3.05) is 11.9 Å². The third kappa shape index (κ3) is 4.04. The van der Waals surface area contributed by atoms with Gasteiger partial charge in [-0.3, -0.25) is 9.78 Å². The van der Waals surface area contributed by atoms with Gasteiger partial charge in [0.1, 0.15) is 0 Å². The Morgan fingerprint density at radius 1 is 1.39 bits per heavy atom. The largest absolute Gasteiger partial charge is 0.481 e. The molecule has 0 aliphatic rings. The fourth-order valence-electron chi connectivity index (χ4n) is 1.09. The minimum atomic E-state index is -0.997. The Kier molecular flexibility index (Phi) is 4.25. The SMILES string of the molecule is Cc1ccc(NC(=O)NCC(C)(C)C(=O)O)cn1. The Bertz CT molecular complexity index is 440. The molecule has 6 nitrogen and oxygen atoms in total. The molecule has 0 aliphatic carbocycles. The van der Waals surface area contributed by atoms with Crippen molar-refractivity contribution in [3.8, 4) is 0 Å². The molecule has 2 amide bonds. The van der Waals surface area contributed by atoms with E-state index in [9.17, 15) is 9.59 Å². The third-order valence-corrected chi connectivity index (χ3v) is 2.44. The smallest absolute Gasteiger partial charge is 0.319 e. The molecular formula is C12H17N3O3. The first kappa shape index (κ1) is 14.0. The Morgan fingerprint density at radius 3 is 2.56 bits per heavy atom.